The molecule has 1 heterocycles. The zero-order valence-electron chi connectivity index (χ0n) is 14.9. The van der Waals surface area contributed by atoms with E-state index in [1.807, 2.05) is 0 Å². The fraction of sp³-hybridized carbons (Fsp3) is 0.0526. The predicted octanol–water partition coefficient (Wildman–Crippen LogP) is 2.69. The average Bonchev–Trinajstić information content (AvgIpc) is 3.01. The summed E-state index contributed by atoms with van der Waals surface area (Å²) >= 11 is 1.01. The summed E-state index contributed by atoms with van der Waals surface area (Å²) in [6.45, 7) is 0. The molecular weight excluding hydrogens is 400 g/mol. The second kappa shape index (κ2) is 8.07. The van der Waals surface area contributed by atoms with Gasteiger partial charge in [-0.15, -0.1) is 0 Å². The summed E-state index contributed by atoms with van der Waals surface area (Å²) in [6.07, 6.45) is 1.57. The molecule has 3 rings (SSSR count). The number of carboxylic acid groups (broad SMARTS) is 2. The van der Waals surface area contributed by atoms with Gasteiger partial charge in [-0.3, -0.25) is 4.79 Å². The third kappa shape index (κ3) is 4.55. The molecule has 0 unspecified atom stereocenters. The van der Waals surface area contributed by atoms with Gasteiger partial charge < -0.3 is 25.4 Å². The van der Waals surface area contributed by atoms with Crippen molar-refractivity contribution >= 4 is 46.5 Å². The number of amidine groups is 1. The number of aliphatic imine (C=N–C) groups is 1. The number of phenols is 1. The van der Waals surface area contributed by atoms with Gasteiger partial charge in [0.15, 0.2) is 16.7 Å². The lowest BCUT2D eigenvalue weighted by molar-refractivity contribution is -0.115. The Morgan fingerprint density at radius 2 is 1.76 bits per heavy atom. The number of phenolic OH excluding ortho intramolecular Hbond substituents is 1. The van der Waals surface area contributed by atoms with Crippen molar-refractivity contribution in [3.8, 4) is 11.5 Å². The maximum Gasteiger partial charge on any atom is 0.335 e. The Kier molecular flexibility index (Phi) is 5.55. The second-order valence-electron chi connectivity index (χ2n) is 5.79. The molecule has 0 aromatic heterocycles. The first-order valence-electron chi connectivity index (χ1n) is 8.05. The molecule has 0 spiro atoms. The molecule has 29 heavy (non-hydrogen) atoms. The first-order chi connectivity index (χ1) is 13.8. The maximum atomic E-state index is 12.2. The van der Waals surface area contributed by atoms with Crippen LogP contribution in [0.15, 0.2) is 46.3 Å². The number of nitrogens with one attached hydrogen (secondary N) is 1. The van der Waals surface area contributed by atoms with Gasteiger partial charge in [-0.25, -0.2) is 14.6 Å². The van der Waals surface area contributed by atoms with E-state index in [2.05, 4.69) is 10.3 Å². The van der Waals surface area contributed by atoms with E-state index in [9.17, 15) is 19.5 Å². The Bertz CT molecular complexity index is 1060. The van der Waals surface area contributed by atoms with Crippen LogP contribution in [0, 0.1) is 0 Å². The summed E-state index contributed by atoms with van der Waals surface area (Å²) in [4.78, 5) is 39.1. The van der Waals surface area contributed by atoms with E-state index in [0.29, 0.717) is 10.5 Å². The van der Waals surface area contributed by atoms with Gasteiger partial charge >= 0.3 is 11.9 Å². The monoisotopic (exact) mass is 414 g/mol. The van der Waals surface area contributed by atoms with Crippen molar-refractivity contribution in [3.05, 3.63) is 58.0 Å². The molecule has 9 nitrogen and oxygen atoms in total. The standard InChI is InChI=1S/C19H14N2O7S/c1-28-14-4-9(2-3-13(14)22)5-15-16(23)21-19(29-15)20-12-7-10(17(24)25)6-11(8-12)18(26)27/h2-8,22H,1H3,(H,24,25)(H,26,27)(H,20,21,23)/b15-5-. The fourth-order valence-electron chi connectivity index (χ4n) is 2.46. The molecule has 10 heteroatoms. The largest absolute Gasteiger partial charge is 0.504 e. The minimum atomic E-state index is -1.29. The number of methoxy groups -OCH3 is 1. The van der Waals surface area contributed by atoms with E-state index in [1.165, 1.54) is 25.3 Å². The molecule has 0 radical (unpaired) electrons. The quantitative estimate of drug-likeness (QED) is 0.546. The van der Waals surface area contributed by atoms with Crippen molar-refractivity contribution in [1.29, 1.82) is 0 Å². The summed E-state index contributed by atoms with van der Waals surface area (Å²) in [7, 11) is 1.41. The Balaban J connectivity index is 1.91. The Hall–Kier alpha value is -3.79. The molecule has 1 fully saturated rings. The number of nitrogens with zero attached hydrogens (tertiary/aromatic N) is 1. The number of benzene rings is 2. The number of hydrogen-bond donors (Lipinski definition) is 4. The number of ether oxygens (including phenoxy) is 1. The van der Waals surface area contributed by atoms with Crippen LogP contribution in [0.3, 0.4) is 0 Å². The summed E-state index contributed by atoms with van der Waals surface area (Å²) in [5.41, 5.74) is 0.230. The van der Waals surface area contributed by atoms with Gasteiger partial charge in [-0.1, -0.05) is 6.07 Å². The summed E-state index contributed by atoms with van der Waals surface area (Å²) < 4.78 is 5.03. The van der Waals surface area contributed by atoms with Gasteiger partial charge in [0, 0.05) is 0 Å². The summed E-state index contributed by atoms with van der Waals surface area (Å²) in [5.74, 6) is -2.79. The minimum Gasteiger partial charge on any atom is -0.504 e. The van der Waals surface area contributed by atoms with Crippen molar-refractivity contribution in [2.45, 2.75) is 0 Å². The van der Waals surface area contributed by atoms with Crippen LogP contribution >= 0.6 is 11.8 Å². The third-order valence-corrected chi connectivity index (χ3v) is 4.70. The Labute approximate surface area is 168 Å². The van der Waals surface area contributed by atoms with Gasteiger partial charge in [0.2, 0.25) is 0 Å². The molecule has 0 bridgehead atoms. The lowest BCUT2D eigenvalue weighted by Crippen LogP contribution is -2.19. The highest BCUT2D eigenvalue weighted by Crippen LogP contribution is 2.31. The number of aromatic hydroxyl groups is 1. The number of amides is 1. The van der Waals surface area contributed by atoms with Crippen molar-refractivity contribution in [3.63, 3.8) is 0 Å². The SMILES string of the molecule is COc1cc(/C=C2\SC(=Nc3cc(C(=O)O)cc(C(=O)O)c3)NC2=O)ccc1O. The fourth-order valence-corrected chi connectivity index (χ4v) is 3.30. The number of thioether (sulfide) groups is 1. The van der Waals surface area contributed by atoms with E-state index >= 15 is 0 Å². The first kappa shape index (κ1) is 20.0. The lowest BCUT2D eigenvalue weighted by Gasteiger charge is -2.04. The van der Waals surface area contributed by atoms with Crippen molar-refractivity contribution in [1.82, 2.24) is 5.32 Å². The molecule has 148 valence electrons. The molecule has 2 aromatic carbocycles. The third-order valence-electron chi connectivity index (χ3n) is 3.79. The zero-order valence-corrected chi connectivity index (χ0v) is 15.7. The van der Waals surface area contributed by atoms with Gasteiger partial charge in [0.1, 0.15) is 0 Å². The van der Waals surface area contributed by atoms with Gasteiger partial charge in [-0.2, -0.15) is 0 Å². The average molecular weight is 414 g/mol. The molecule has 0 saturated carbocycles. The van der Waals surface area contributed by atoms with Crippen LogP contribution in [0.25, 0.3) is 6.08 Å². The summed E-state index contributed by atoms with van der Waals surface area (Å²) in [6, 6.07) is 8.03. The minimum absolute atomic E-state index is 0.0343. The Morgan fingerprint density at radius 1 is 1.10 bits per heavy atom. The van der Waals surface area contributed by atoms with Crippen molar-refractivity contribution in [2.24, 2.45) is 4.99 Å². The van der Waals surface area contributed by atoms with Crippen LogP contribution in [0.2, 0.25) is 0 Å². The number of carbonyl (C=O) groups is 3. The van der Waals surface area contributed by atoms with E-state index in [-0.39, 0.29) is 33.5 Å². The smallest absolute Gasteiger partial charge is 0.335 e. The molecule has 0 atom stereocenters. The maximum absolute atomic E-state index is 12.2. The molecular formula is C19H14N2O7S. The van der Waals surface area contributed by atoms with Crippen LogP contribution in [-0.2, 0) is 4.79 Å². The molecule has 4 N–H and O–H groups in total. The van der Waals surface area contributed by atoms with E-state index < -0.39 is 17.8 Å². The molecule has 0 aliphatic carbocycles. The van der Waals surface area contributed by atoms with Gasteiger partial charge in [-0.05, 0) is 53.7 Å². The van der Waals surface area contributed by atoms with E-state index in [4.69, 9.17) is 14.9 Å². The number of carbonyl (C=O) groups excluding carboxylic acids is 1. The molecule has 1 aliphatic heterocycles. The van der Waals surface area contributed by atoms with Crippen LogP contribution in [0.1, 0.15) is 26.3 Å². The summed E-state index contributed by atoms with van der Waals surface area (Å²) in [5, 5.41) is 30.6. The normalized spacial score (nSPS) is 16.1. The highest BCUT2D eigenvalue weighted by Gasteiger charge is 2.24. The van der Waals surface area contributed by atoms with Crippen LogP contribution in [-0.4, -0.2) is 45.4 Å². The van der Waals surface area contributed by atoms with Crippen LogP contribution < -0.4 is 10.1 Å². The predicted molar refractivity (Wildman–Crippen MR) is 106 cm³/mol. The number of carboxylic acids is 2. The molecule has 1 amide bonds. The number of rotatable bonds is 5. The molecule has 1 saturated heterocycles. The van der Waals surface area contributed by atoms with Crippen LogP contribution in [0.4, 0.5) is 5.69 Å². The van der Waals surface area contributed by atoms with Crippen molar-refractivity contribution < 1.29 is 34.4 Å². The topological polar surface area (TPSA) is 146 Å². The van der Waals surface area contributed by atoms with Crippen LogP contribution in [0.5, 0.6) is 11.5 Å². The second-order valence-corrected chi connectivity index (χ2v) is 6.82. The van der Waals surface area contributed by atoms with E-state index in [1.54, 1.807) is 18.2 Å². The van der Waals surface area contributed by atoms with Gasteiger partial charge in [0.25, 0.3) is 5.91 Å². The number of hydrogen-bond acceptors (Lipinski definition) is 7. The highest BCUT2D eigenvalue weighted by atomic mass is 32.2. The zero-order chi connectivity index (χ0) is 21.1. The first-order valence-corrected chi connectivity index (χ1v) is 8.86. The lowest BCUT2D eigenvalue weighted by atomic mass is 10.1. The highest BCUT2D eigenvalue weighted by molar-refractivity contribution is 8.18. The number of aromatic carboxylic acids is 2. The van der Waals surface area contributed by atoms with Gasteiger partial charge in [0.05, 0.1) is 28.8 Å². The van der Waals surface area contributed by atoms with E-state index in [0.717, 1.165) is 17.8 Å². The molecule has 2 aromatic rings. The van der Waals surface area contributed by atoms with Crippen molar-refractivity contribution in [2.75, 3.05) is 7.11 Å². The Morgan fingerprint density at radius 3 is 2.34 bits per heavy atom. The molecule has 1 aliphatic rings.